The van der Waals surface area contributed by atoms with Gasteiger partial charge in [0.2, 0.25) is 5.79 Å². The zero-order valence-corrected chi connectivity index (χ0v) is 26.5. The highest BCUT2D eigenvalue weighted by molar-refractivity contribution is 5.89. The molecule has 1 saturated heterocycles. The second-order valence-corrected chi connectivity index (χ2v) is 12.4. The van der Waals surface area contributed by atoms with Crippen molar-refractivity contribution in [1.82, 2.24) is 4.90 Å². The molecule has 10 heteroatoms. The Labute approximate surface area is 249 Å². The summed E-state index contributed by atoms with van der Waals surface area (Å²) in [7, 11) is 5.40. The molecule has 0 aliphatic carbocycles. The van der Waals surface area contributed by atoms with Gasteiger partial charge in [-0.1, -0.05) is 32.0 Å². The van der Waals surface area contributed by atoms with Gasteiger partial charge in [-0.05, 0) is 59.8 Å². The molecular formula is C32H47NO9. The van der Waals surface area contributed by atoms with Crippen molar-refractivity contribution >= 4 is 18.2 Å². The van der Waals surface area contributed by atoms with Gasteiger partial charge >= 0.3 is 11.9 Å². The second-order valence-electron chi connectivity index (χ2n) is 12.4. The highest BCUT2D eigenvalue weighted by Crippen LogP contribution is 2.41. The van der Waals surface area contributed by atoms with E-state index in [-0.39, 0.29) is 18.1 Å². The Balaban J connectivity index is 2.08. The van der Waals surface area contributed by atoms with Gasteiger partial charge in [-0.3, -0.25) is 0 Å². The fourth-order valence-electron chi connectivity index (χ4n) is 5.80. The van der Waals surface area contributed by atoms with E-state index in [2.05, 4.69) is 0 Å². The minimum Gasteiger partial charge on any atom is -0.456 e. The number of hydrogen-bond acceptors (Lipinski definition) is 10. The van der Waals surface area contributed by atoms with Crippen LogP contribution in [-0.2, 0) is 38.0 Å². The van der Waals surface area contributed by atoms with Crippen LogP contribution in [0.4, 0.5) is 0 Å². The van der Waals surface area contributed by atoms with Gasteiger partial charge in [0.1, 0.15) is 12.0 Å². The standard InChI is InChI=1S/C32H47NO9/c1-19(18-34)17-32(7,37-10)27(21(3)25-22(4)28(35)42-31(5,6)41-25)40-30-26(24(33(8)9)16-20(2)38-30)39-29(36)23-14-12-11-13-15-23/h11-15,18-21,24,26-27,30H,16-17H2,1-10H3/t19?,20-,21?,24+,26-,27?,30+,32?/m1/s1. The molecular weight excluding hydrogens is 542 g/mol. The summed E-state index contributed by atoms with van der Waals surface area (Å²) in [6.07, 6.45) is -1.01. The fraction of sp³-hybridized carbons (Fsp3) is 0.656. The van der Waals surface area contributed by atoms with E-state index >= 15 is 0 Å². The van der Waals surface area contributed by atoms with Crippen molar-refractivity contribution in [2.24, 2.45) is 11.8 Å². The molecule has 0 radical (unpaired) electrons. The molecule has 2 aliphatic heterocycles. The van der Waals surface area contributed by atoms with E-state index in [9.17, 15) is 14.4 Å². The summed E-state index contributed by atoms with van der Waals surface area (Å²) in [5.41, 5.74) is -0.308. The average Bonchev–Trinajstić information content (AvgIpc) is 2.94. The third-order valence-electron chi connectivity index (χ3n) is 8.05. The SMILES string of the molecule is COC(C)(CC(C)C=O)C(O[C@@H]1O[C@H](C)C[C@H](N(C)C)[C@H]1OC(=O)c1ccccc1)C(C)C1=C(C)C(=O)OC(C)(C)O1. The molecule has 1 fully saturated rings. The van der Waals surface area contributed by atoms with Gasteiger partial charge in [-0.25, -0.2) is 9.59 Å². The van der Waals surface area contributed by atoms with Gasteiger partial charge in [-0.15, -0.1) is 0 Å². The van der Waals surface area contributed by atoms with Crippen LogP contribution >= 0.6 is 0 Å². The number of aldehydes is 1. The lowest BCUT2D eigenvalue weighted by Gasteiger charge is -2.48. The number of ether oxygens (including phenoxy) is 6. The number of likely N-dealkylation sites (N-methyl/N-ethyl adjacent to an activating group) is 1. The molecule has 8 atom stereocenters. The molecule has 234 valence electrons. The minimum atomic E-state index is -1.19. The number of cyclic esters (lactones) is 1. The van der Waals surface area contributed by atoms with E-state index < -0.39 is 47.7 Å². The quantitative estimate of drug-likeness (QED) is 0.255. The average molecular weight is 590 g/mol. The van der Waals surface area contributed by atoms with Crippen LogP contribution in [0, 0.1) is 11.8 Å². The van der Waals surface area contributed by atoms with Crippen molar-refractivity contribution in [1.29, 1.82) is 0 Å². The summed E-state index contributed by atoms with van der Waals surface area (Å²) in [4.78, 5) is 39.8. The Bertz CT molecular complexity index is 1130. The van der Waals surface area contributed by atoms with Crippen LogP contribution in [0.3, 0.4) is 0 Å². The summed E-state index contributed by atoms with van der Waals surface area (Å²) in [5.74, 6) is -2.68. The predicted octanol–water partition coefficient (Wildman–Crippen LogP) is 4.51. The van der Waals surface area contributed by atoms with E-state index in [1.165, 1.54) is 0 Å². The van der Waals surface area contributed by atoms with Crippen LogP contribution in [0.25, 0.3) is 0 Å². The summed E-state index contributed by atoms with van der Waals surface area (Å²) >= 11 is 0. The third-order valence-corrected chi connectivity index (χ3v) is 8.05. The van der Waals surface area contributed by atoms with Gasteiger partial charge < -0.3 is 38.1 Å². The molecule has 1 aromatic carbocycles. The number of nitrogens with zero attached hydrogens (tertiary/aromatic N) is 1. The molecule has 0 N–H and O–H groups in total. The lowest BCUT2D eigenvalue weighted by Crippen LogP contribution is -2.59. The van der Waals surface area contributed by atoms with Crippen LogP contribution in [0.1, 0.15) is 71.7 Å². The Hall–Kier alpha value is -2.79. The molecule has 3 rings (SSSR count). The van der Waals surface area contributed by atoms with Crippen LogP contribution in [-0.4, -0.2) is 86.4 Å². The number of carbonyl (C=O) groups is 3. The number of carbonyl (C=O) groups excluding carboxylic acids is 3. The first-order valence-electron chi connectivity index (χ1n) is 14.5. The molecule has 2 aliphatic rings. The zero-order chi connectivity index (χ0) is 31.4. The maximum absolute atomic E-state index is 13.3. The molecule has 0 saturated carbocycles. The lowest BCUT2D eigenvalue weighted by atomic mass is 9.80. The summed E-state index contributed by atoms with van der Waals surface area (Å²) in [5, 5.41) is 0. The number of benzene rings is 1. The first-order valence-corrected chi connectivity index (χ1v) is 14.5. The maximum atomic E-state index is 13.3. The second kappa shape index (κ2) is 13.7. The van der Waals surface area contributed by atoms with Crippen LogP contribution in [0.2, 0.25) is 0 Å². The molecule has 4 unspecified atom stereocenters. The molecule has 42 heavy (non-hydrogen) atoms. The van der Waals surface area contributed by atoms with E-state index in [0.29, 0.717) is 29.7 Å². The largest absolute Gasteiger partial charge is 0.456 e. The monoisotopic (exact) mass is 589 g/mol. The lowest BCUT2D eigenvalue weighted by molar-refractivity contribution is -0.297. The number of esters is 2. The topological polar surface area (TPSA) is 110 Å². The van der Waals surface area contributed by atoms with Crippen molar-refractivity contribution in [3.8, 4) is 0 Å². The van der Waals surface area contributed by atoms with Crippen molar-refractivity contribution in [2.45, 2.75) is 103 Å². The van der Waals surface area contributed by atoms with Crippen molar-refractivity contribution in [3.05, 3.63) is 47.2 Å². The van der Waals surface area contributed by atoms with Crippen molar-refractivity contribution in [2.75, 3.05) is 21.2 Å². The Morgan fingerprint density at radius 1 is 1.19 bits per heavy atom. The molecule has 0 bridgehead atoms. The number of hydrogen-bond donors (Lipinski definition) is 0. The Kier molecular flexibility index (Phi) is 11.0. The zero-order valence-electron chi connectivity index (χ0n) is 26.5. The third kappa shape index (κ3) is 7.78. The van der Waals surface area contributed by atoms with Gasteiger partial charge in [0.15, 0.2) is 12.4 Å². The number of methoxy groups -OCH3 is 1. The molecule has 10 nitrogen and oxygen atoms in total. The van der Waals surface area contributed by atoms with Crippen molar-refractivity contribution in [3.63, 3.8) is 0 Å². The highest BCUT2D eigenvalue weighted by atomic mass is 16.7. The van der Waals surface area contributed by atoms with Gasteiger partial charge in [0, 0.05) is 32.8 Å². The Morgan fingerprint density at radius 3 is 2.40 bits per heavy atom. The maximum Gasteiger partial charge on any atom is 0.340 e. The van der Waals surface area contributed by atoms with Gasteiger partial charge in [-0.2, -0.15) is 0 Å². The predicted molar refractivity (Wildman–Crippen MR) is 155 cm³/mol. The fourth-order valence-corrected chi connectivity index (χ4v) is 5.80. The summed E-state index contributed by atoms with van der Waals surface area (Å²) < 4.78 is 37.0. The van der Waals surface area contributed by atoms with E-state index in [0.717, 1.165) is 6.29 Å². The van der Waals surface area contributed by atoms with Crippen LogP contribution in [0.15, 0.2) is 41.7 Å². The molecule has 2 heterocycles. The smallest absolute Gasteiger partial charge is 0.340 e. The van der Waals surface area contributed by atoms with Crippen molar-refractivity contribution < 1.29 is 42.8 Å². The van der Waals surface area contributed by atoms with E-state index in [1.807, 2.05) is 45.8 Å². The molecule has 0 spiro atoms. The highest BCUT2D eigenvalue weighted by Gasteiger charge is 2.50. The van der Waals surface area contributed by atoms with Gasteiger partial charge in [0.25, 0.3) is 0 Å². The van der Waals surface area contributed by atoms with Crippen LogP contribution < -0.4 is 0 Å². The summed E-state index contributed by atoms with van der Waals surface area (Å²) in [6.45, 7) is 12.5. The number of rotatable bonds is 12. The first kappa shape index (κ1) is 33.7. The summed E-state index contributed by atoms with van der Waals surface area (Å²) in [6, 6.07) is 8.55. The molecule has 0 amide bonds. The molecule has 0 aromatic heterocycles. The first-order chi connectivity index (χ1) is 19.6. The van der Waals surface area contributed by atoms with E-state index in [1.54, 1.807) is 59.1 Å². The normalized spacial score (nSPS) is 27.7. The molecule has 1 aromatic rings. The van der Waals surface area contributed by atoms with Crippen LogP contribution in [0.5, 0.6) is 0 Å². The van der Waals surface area contributed by atoms with E-state index in [4.69, 9.17) is 28.4 Å². The van der Waals surface area contributed by atoms with Gasteiger partial charge in [0.05, 0.1) is 35.0 Å². The minimum absolute atomic E-state index is 0.214. The Morgan fingerprint density at radius 2 is 1.83 bits per heavy atom.